The summed E-state index contributed by atoms with van der Waals surface area (Å²) in [5.41, 5.74) is 3.33. The SMILES string of the molecule is CC(C)n1cc(CN2CCN(N3CCCC3)CC2)c(-c2ccccc2Cl)n1. The van der Waals surface area contributed by atoms with Gasteiger partial charge in [-0.3, -0.25) is 9.58 Å². The second-order valence-electron chi connectivity index (χ2n) is 7.95. The number of halogens is 1. The van der Waals surface area contributed by atoms with Gasteiger partial charge in [-0.05, 0) is 32.8 Å². The van der Waals surface area contributed by atoms with Crippen LogP contribution in [0.2, 0.25) is 5.02 Å². The minimum absolute atomic E-state index is 0.340. The van der Waals surface area contributed by atoms with Crippen LogP contribution in [0.1, 0.15) is 38.3 Å². The molecule has 0 atom stereocenters. The van der Waals surface area contributed by atoms with Crippen LogP contribution in [0, 0.1) is 0 Å². The first-order valence-electron chi connectivity index (χ1n) is 10.2. The van der Waals surface area contributed by atoms with Crippen LogP contribution in [0.5, 0.6) is 0 Å². The van der Waals surface area contributed by atoms with Crippen LogP contribution in [-0.4, -0.2) is 64.0 Å². The van der Waals surface area contributed by atoms with Gasteiger partial charge in [0, 0.05) is 69.2 Å². The fourth-order valence-corrected chi connectivity index (χ4v) is 4.32. The molecule has 2 aliphatic rings. The summed E-state index contributed by atoms with van der Waals surface area (Å²) in [5, 5.41) is 10.7. The highest BCUT2D eigenvalue weighted by atomic mass is 35.5. The number of benzene rings is 1. The highest BCUT2D eigenvalue weighted by Crippen LogP contribution is 2.31. The Morgan fingerprint density at radius 3 is 2.30 bits per heavy atom. The lowest BCUT2D eigenvalue weighted by molar-refractivity contribution is -0.0417. The summed E-state index contributed by atoms with van der Waals surface area (Å²) in [6.45, 7) is 12.2. The molecule has 146 valence electrons. The van der Waals surface area contributed by atoms with Gasteiger partial charge in [-0.2, -0.15) is 5.10 Å². The Morgan fingerprint density at radius 1 is 0.963 bits per heavy atom. The van der Waals surface area contributed by atoms with E-state index < -0.39 is 0 Å². The number of rotatable bonds is 5. The van der Waals surface area contributed by atoms with E-state index in [1.165, 1.54) is 31.5 Å². The highest BCUT2D eigenvalue weighted by Gasteiger charge is 2.25. The van der Waals surface area contributed by atoms with E-state index in [1.54, 1.807) is 0 Å². The molecule has 2 aromatic rings. The van der Waals surface area contributed by atoms with E-state index in [0.717, 1.165) is 49.0 Å². The van der Waals surface area contributed by atoms with E-state index in [4.69, 9.17) is 16.7 Å². The van der Waals surface area contributed by atoms with E-state index in [1.807, 2.05) is 18.2 Å². The molecule has 1 aromatic heterocycles. The second-order valence-corrected chi connectivity index (χ2v) is 8.35. The Hall–Kier alpha value is -1.40. The van der Waals surface area contributed by atoms with Gasteiger partial charge < -0.3 is 0 Å². The van der Waals surface area contributed by atoms with Gasteiger partial charge in [0.25, 0.3) is 0 Å². The first kappa shape index (κ1) is 18.9. The number of nitrogens with zero attached hydrogens (tertiary/aromatic N) is 5. The van der Waals surface area contributed by atoms with Crippen molar-refractivity contribution in [2.24, 2.45) is 0 Å². The van der Waals surface area contributed by atoms with E-state index >= 15 is 0 Å². The second kappa shape index (κ2) is 8.31. The number of hydrazine groups is 1. The van der Waals surface area contributed by atoms with Crippen LogP contribution < -0.4 is 0 Å². The molecule has 0 unspecified atom stereocenters. The Morgan fingerprint density at radius 2 is 1.63 bits per heavy atom. The molecule has 2 saturated heterocycles. The maximum Gasteiger partial charge on any atom is 0.0983 e. The van der Waals surface area contributed by atoms with Gasteiger partial charge in [-0.15, -0.1) is 0 Å². The first-order valence-corrected chi connectivity index (χ1v) is 10.5. The summed E-state index contributed by atoms with van der Waals surface area (Å²) >= 11 is 6.48. The Labute approximate surface area is 167 Å². The molecule has 1 aromatic carbocycles. The average Bonchev–Trinajstić information content (AvgIpc) is 3.33. The van der Waals surface area contributed by atoms with Crippen LogP contribution in [0.4, 0.5) is 0 Å². The third-order valence-corrected chi connectivity index (χ3v) is 6.02. The van der Waals surface area contributed by atoms with Crippen LogP contribution >= 0.6 is 11.6 Å². The fourth-order valence-electron chi connectivity index (χ4n) is 4.09. The van der Waals surface area contributed by atoms with Gasteiger partial charge in [0.1, 0.15) is 0 Å². The van der Waals surface area contributed by atoms with Gasteiger partial charge >= 0.3 is 0 Å². The Bertz CT molecular complexity index is 758. The van der Waals surface area contributed by atoms with E-state index in [-0.39, 0.29) is 0 Å². The molecular weight excluding hydrogens is 358 g/mol. The fraction of sp³-hybridized carbons (Fsp3) is 0.571. The van der Waals surface area contributed by atoms with Crippen molar-refractivity contribution in [2.45, 2.75) is 39.3 Å². The number of aromatic nitrogens is 2. The molecule has 2 fully saturated rings. The number of piperazine rings is 1. The van der Waals surface area contributed by atoms with Gasteiger partial charge in [0.05, 0.1) is 10.7 Å². The molecule has 0 N–H and O–H groups in total. The first-order chi connectivity index (χ1) is 13.1. The van der Waals surface area contributed by atoms with Crippen molar-refractivity contribution in [3.8, 4) is 11.3 Å². The Balaban J connectivity index is 1.49. The zero-order valence-corrected chi connectivity index (χ0v) is 17.2. The minimum atomic E-state index is 0.340. The number of hydrogen-bond acceptors (Lipinski definition) is 4. The molecule has 0 bridgehead atoms. The largest absolute Gasteiger partial charge is 0.296 e. The highest BCUT2D eigenvalue weighted by molar-refractivity contribution is 6.33. The molecule has 4 rings (SSSR count). The number of hydrogen-bond donors (Lipinski definition) is 0. The molecule has 27 heavy (non-hydrogen) atoms. The molecule has 0 amide bonds. The van der Waals surface area contributed by atoms with Crippen molar-refractivity contribution in [2.75, 3.05) is 39.3 Å². The lowest BCUT2D eigenvalue weighted by atomic mass is 10.1. The molecule has 6 heteroatoms. The van der Waals surface area contributed by atoms with Crippen molar-refractivity contribution in [3.63, 3.8) is 0 Å². The molecule has 0 aliphatic carbocycles. The summed E-state index contributed by atoms with van der Waals surface area (Å²) in [6, 6.07) is 8.37. The molecule has 0 radical (unpaired) electrons. The maximum absolute atomic E-state index is 6.48. The lowest BCUT2D eigenvalue weighted by Crippen LogP contribution is -2.52. The zero-order valence-electron chi connectivity index (χ0n) is 16.4. The zero-order chi connectivity index (χ0) is 18.8. The van der Waals surface area contributed by atoms with E-state index in [9.17, 15) is 0 Å². The van der Waals surface area contributed by atoms with Gasteiger partial charge in [-0.1, -0.05) is 29.8 Å². The van der Waals surface area contributed by atoms with Crippen molar-refractivity contribution in [1.29, 1.82) is 0 Å². The topological polar surface area (TPSA) is 27.5 Å². The summed E-state index contributed by atoms with van der Waals surface area (Å²) in [6.07, 6.45) is 4.89. The normalized spacial score (nSPS) is 20.0. The van der Waals surface area contributed by atoms with Crippen molar-refractivity contribution >= 4 is 11.6 Å². The molecule has 0 saturated carbocycles. The predicted molar refractivity (Wildman–Crippen MR) is 111 cm³/mol. The Kier molecular flexibility index (Phi) is 5.83. The average molecular weight is 388 g/mol. The van der Waals surface area contributed by atoms with Gasteiger partial charge in [0.2, 0.25) is 0 Å². The van der Waals surface area contributed by atoms with E-state index in [0.29, 0.717) is 6.04 Å². The van der Waals surface area contributed by atoms with Gasteiger partial charge in [-0.25, -0.2) is 10.0 Å². The molecular formula is C21H30ClN5. The van der Waals surface area contributed by atoms with Crippen LogP contribution in [0.3, 0.4) is 0 Å². The third kappa shape index (κ3) is 4.21. The van der Waals surface area contributed by atoms with E-state index in [2.05, 4.69) is 45.7 Å². The van der Waals surface area contributed by atoms with Crippen molar-refractivity contribution in [3.05, 3.63) is 41.0 Å². The molecule has 3 heterocycles. The predicted octanol–water partition coefficient (Wildman–Crippen LogP) is 3.91. The quantitative estimate of drug-likeness (QED) is 0.777. The van der Waals surface area contributed by atoms with Crippen LogP contribution in [0.15, 0.2) is 30.5 Å². The minimum Gasteiger partial charge on any atom is -0.296 e. The van der Waals surface area contributed by atoms with Crippen LogP contribution in [-0.2, 0) is 6.54 Å². The summed E-state index contributed by atoms with van der Waals surface area (Å²) in [4.78, 5) is 2.55. The molecule has 5 nitrogen and oxygen atoms in total. The van der Waals surface area contributed by atoms with Crippen LogP contribution in [0.25, 0.3) is 11.3 Å². The smallest absolute Gasteiger partial charge is 0.0983 e. The van der Waals surface area contributed by atoms with Gasteiger partial charge in [0.15, 0.2) is 0 Å². The molecule has 0 spiro atoms. The standard InChI is InChI=1S/C21H30ClN5/c1-17(2)27-16-18(21(23-27)19-7-3-4-8-20(19)22)15-24-11-13-26(14-12-24)25-9-5-6-10-25/h3-4,7-8,16-17H,5-6,9-15H2,1-2H3. The summed E-state index contributed by atoms with van der Waals surface area (Å²) < 4.78 is 2.06. The summed E-state index contributed by atoms with van der Waals surface area (Å²) in [5.74, 6) is 0. The van der Waals surface area contributed by atoms with Crippen molar-refractivity contribution < 1.29 is 0 Å². The monoisotopic (exact) mass is 387 g/mol. The molecule has 2 aliphatic heterocycles. The maximum atomic E-state index is 6.48. The summed E-state index contributed by atoms with van der Waals surface area (Å²) in [7, 11) is 0. The third-order valence-electron chi connectivity index (χ3n) is 5.69. The lowest BCUT2D eigenvalue weighted by Gasteiger charge is -2.39. The van der Waals surface area contributed by atoms with Crippen molar-refractivity contribution in [1.82, 2.24) is 24.7 Å².